The Morgan fingerprint density at radius 3 is 2.87 bits per heavy atom. The molecule has 0 fully saturated rings. The third-order valence-corrected chi connectivity index (χ3v) is 1.99. The first-order valence-corrected chi connectivity index (χ1v) is 4.60. The molecule has 0 radical (unpaired) electrons. The molecule has 0 unspecified atom stereocenters. The van der Waals surface area contributed by atoms with Crippen LogP contribution in [0.5, 0.6) is 5.75 Å². The highest BCUT2D eigenvalue weighted by atomic mass is 16.3. The number of nitrogens with one attached hydrogen (secondary N) is 1. The van der Waals surface area contributed by atoms with E-state index in [0.717, 1.165) is 11.4 Å². The molecule has 0 bridgehead atoms. The Morgan fingerprint density at radius 2 is 2.27 bits per heavy atom. The summed E-state index contributed by atoms with van der Waals surface area (Å²) in [6, 6.07) is 3.39. The molecule has 2 heterocycles. The highest BCUT2D eigenvalue weighted by Gasteiger charge is 1.97. The number of anilines is 1. The van der Waals surface area contributed by atoms with Crippen LogP contribution in [0.25, 0.3) is 0 Å². The normalized spacial score (nSPS) is 10.2. The first kappa shape index (κ1) is 9.51. The van der Waals surface area contributed by atoms with Gasteiger partial charge < -0.3 is 10.4 Å². The minimum Gasteiger partial charge on any atom is -0.506 e. The molecule has 5 heteroatoms. The van der Waals surface area contributed by atoms with Crippen molar-refractivity contribution in [2.24, 2.45) is 7.05 Å². The van der Waals surface area contributed by atoms with E-state index in [0.29, 0.717) is 6.54 Å². The molecule has 2 aromatic rings. The first-order chi connectivity index (χ1) is 7.24. The molecule has 0 aliphatic rings. The Morgan fingerprint density at radius 1 is 1.40 bits per heavy atom. The van der Waals surface area contributed by atoms with Gasteiger partial charge in [0.05, 0.1) is 30.3 Å². The summed E-state index contributed by atoms with van der Waals surface area (Å²) in [4.78, 5) is 4.06. The van der Waals surface area contributed by atoms with Gasteiger partial charge in [-0.1, -0.05) is 0 Å². The van der Waals surface area contributed by atoms with Gasteiger partial charge in [0.15, 0.2) is 0 Å². The van der Waals surface area contributed by atoms with Crippen LogP contribution >= 0.6 is 0 Å². The molecule has 5 nitrogen and oxygen atoms in total. The third-order valence-electron chi connectivity index (χ3n) is 1.99. The number of aromatic hydroxyl groups is 1. The average molecular weight is 204 g/mol. The van der Waals surface area contributed by atoms with Crippen molar-refractivity contribution in [2.45, 2.75) is 6.54 Å². The zero-order chi connectivity index (χ0) is 10.7. The van der Waals surface area contributed by atoms with E-state index >= 15 is 0 Å². The summed E-state index contributed by atoms with van der Waals surface area (Å²) in [6.45, 7) is 0.617. The summed E-state index contributed by atoms with van der Waals surface area (Å²) in [7, 11) is 1.87. The van der Waals surface area contributed by atoms with Gasteiger partial charge in [-0.15, -0.1) is 0 Å². The zero-order valence-electron chi connectivity index (χ0n) is 8.38. The molecule has 0 aromatic carbocycles. The maximum absolute atomic E-state index is 9.05. The molecule has 0 amide bonds. The Kier molecular flexibility index (Phi) is 2.53. The smallest absolute Gasteiger partial charge is 0.133 e. The van der Waals surface area contributed by atoms with Gasteiger partial charge in [-0.05, 0) is 12.1 Å². The van der Waals surface area contributed by atoms with E-state index in [9.17, 15) is 0 Å². The lowest BCUT2D eigenvalue weighted by Crippen LogP contribution is -2.00. The molecule has 0 atom stereocenters. The van der Waals surface area contributed by atoms with Crippen molar-refractivity contribution in [1.29, 1.82) is 0 Å². The number of rotatable bonds is 3. The minimum atomic E-state index is 0.181. The van der Waals surface area contributed by atoms with Gasteiger partial charge in [0.2, 0.25) is 0 Å². The van der Waals surface area contributed by atoms with Crippen LogP contribution in [0, 0.1) is 0 Å². The molecular formula is C10H12N4O. The molecule has 0 saturated heterocycles. The standard InChI is InChI=1S/C10H12N4O/c1-14-7-9(5-13-14)11-4-8-2-3-10(15)6-12-8/h2-3,5-7,11,15H,4H2,1H3. The fourth-order valence-electron chi connectivity index (χ4n) is 1.23. The molecule has 2 rings (SSSR count). The lowest BCUT2D eigenvalue weighted by molar-refractivity contribution is 0.472. The van der Waals surface area contributed by atoms with E-state index in [-0.39, 0.29) is 5.75 Å². The van der Waals surface area contributed by atoms with Gasteiger partial charge in [0, 0.05) is 13.2 Å². The summed E-state index contributed by atoms with van der Waals surface area (Å²) in [5.41, 5.74) is 1.82. The molecule has 0 spiro atoms. The third kappa shape index (κ3) is 2.46. The molecule has 78 valence electrons. The summed E-state index contributed by atoms with van der Waals surface area (Å²) >= 11 is 0. The van der Waals surface area contributed by atoms with E-state index in [1.165, 1.54) is 6.20 Å². The predicted molar refractivity (Wildman–Crippen MR) is 56.4 cm³/mol. The molecule has 2 N–H and O–H groups in total. The van der Waals surface area contributed by atoms with E-state index in [1.54, 1.807) is 23.0 Å². The van der Waals surface area contributed by atoms with Gasteiger partial charge in [0.1, 0.15) is 5.75 Å². The number of hydrogen-bond donors (Lipinski definition) is 2. The van der Waals surface area contributed by atoms with Crippen molar-refractivity contribution in [3.63, 3.8) is 0 Å². The number of nitrogens with zero attached hydrogens (tertiary/aromatic N) is 3. The first-order valence-electron chi connectivity index (χ1n) is 4.60. The molecule has 0 aliphatic carbocycles. The van der Waals surface area contributed by atoms with Crippen LogP contribution in [0.2, 0.25) is 0 Å². The highest BCUT2D eigenvalue weighted by molar-refractivity contribution is 5.38. The summed E-state index contributed by atoms with van der Waals surface area (Å²) in [6.07, 6.45) is 5.07. The van der Waals surface area contributed by atoms with Crippen LogP contribution in [0.3, 0.4) is 0 Å². The topological polar surface area (TPSA) is 63.0 Å². The van der Waals surface area contributed by atoms with E-state index in [2.05, 4.69) is 15.4 Å². The van der Waals surface area contributed by atoms with Gasteiger partial charge in [0.25, 0.3) is 0 Å². The van der Waals surface area contributed by atoms with Crippen LogP contribution in [-0.4, -0.2) is 19.9 Å². The molecule has 0 saturated carbocycles. The van der Waals surface area contributed by atoms with Gasteiger partial charge >= 0.3 is 0 Å². The second-order valence-electron chi connectivity index (χ2n) is 3.26. The Bertz CT molecular complexity index is 435. The maximum atomic E-state index is 9.05. The molecule has 2 aromatic heterocycles. The Labute approximate surface area is 87.4 Å². The summed E-state index contributed by atoms with van der Waals surface area (Å²) in [5, 5.41) is 16.3. The second-order valence-corrected chi connectivity index (χ2v) is 3.26. The minimum absolute atomic E-state index is 0.181. The highest BCUT2D eigenvalue weighted by Crippen LogP contribution is 2.08. The van der Waals surface area contributed by atoms with Crippen molar-refractivity contribution < 1.29 is 5.11 Å². The average Bonchev–Trinajstić information content (AvgIpc) is 2.64. The Balaban J connectivity index is 1.96. The van der Waals surface area contributed by atoms with E-state index in [4.69, 9.17) is 5.11 Å². The van der Waals surface area contributed by atoms with Crippen molar-refractivity contribution in [3.8, 4) is 5.75 Å². The quantitative estimate of drug-likeness (QED) is 0.786. The predicted octanol–water partition coefficient (Wildman–Crippen LogP) is 1.13. The maximum Gasteiger partial charge on any atom is 0.133 e. The number of aromatic nitrogens is 3. The zero-order valence-corrected chi connectivity index (χ0v) is 8.38. The number of pyridine rings is 1. The summed E-state index contributed by atoms with van der Waals surface area (Å²) in [5.74, 6) is 0.181. The Hall–Kier alpha value is -2.04. The number of hydrogen-bond acceptors (Lipinski definition) is 4. The largest absolute Gasteiger partial charge is 0.506 e. The van der Waals surface area contributed by atoms with Crippen molar-refractivity contribution in [1.82, 2.24) is 14.8 Å². The number of aryl methyl sites for hydroxylation is 1. The van der Waals surface area contributed by atoms with E-state index in [1.807, 2.05) is 13.2 Å². The fourth-order valence-corrected chi connectivity index (χ4v) is 1.23. The monoisotopic (exact) mass is 204 g/mol. The van der Waals surface area contributed by atoms with Crippen LogP contribution in [0.4, 0.5) is 5.69 Å². The second kappa shape index (κ2) is 4.00. The van der Waals surface area contributed by atoms with Crippen molar-refractivity contribution in [2.75, 3.05) is 5.32 Å². The molecule has 15 heavy (non-hydrogen) atoms. The summed E-state index contributed by atoms with van der Waals surface area (Å²) < 4.78 is 1.73. The van der Waals surface area contributed by atoms with Crippen molar-refractivity contribution >= 4 is 5.69 Å². The molecular weight excluding hydrogens is 192 g/mol. The van der Waals surface area contributed by atoms with Gasteiger partial charge in [-0.2, -0.15) is 5.10 Å². The van der Waals surface area contributed by atoms with Crippen LogP contribution in [0.1, 0.15) is 5.69 Å². The lowest BCUT2D eigenvalue weighted by Gasteiger charge is -2.02. The molecule has 0 aliphatic heterocycles. The SMILES string of the molecule is Cn1cc(NCc2ccc(O)cn2)cn1. The lowest BCUT2D eigenvalue weighted by atomic mass is 10.3. The van der Waals surface area contributed by atoms with Crippen LogP contribution in [-0.2, 0) is 13.6 Å². The van der Waals surface area contributed by atoms with E-state index < -0.39 is 0 Å². The van der Waals surface area contributed by atoms with Crippen LogP contribution < -0.4 is 5.32 Å². The van der Waals surface area contributed by atoms with Crippen molar-refractivity contribution in [3.05, 3.63) is 36.4 Å². The fraction of sp³-hybridized carbons (Fsp3) is 0.200. The van der Waals surface area contributed by atoms with Gasteiger partial charge in [-0.25, -0.2) is 0 Å². The van der Waals surface area contributed by atoms with Crippen LogP contribution in [0.15, 0.2) is 30.7 Å². The van der Waals surface area contributed by atoms with Gasteiger partial charge in [-0.3, -0.25) is 9.67 Å².